The fourth-order valence-electron chi connectivity index (χ4n) is 4.85. The molecule has 0 aromatic heterocycles. The number of rotatable bonds is 1. The lowest BCUT2D eigenvalue weighted by atomic mass is 9.81. The smallest absolute Gasteiger partial charge is 0.235 e. The van der Waals surface area contributed by atoms with Gasteiger partial charge in [0, 0.05) is 0 Å². The van der Waals surface area contributed by atoms with Gasteiger partial charge in [-0.05, 0) is 31.1 Å². The van der Waals surface area contributed by atoms with Gasteiger partial charge in [0.25, 0.3) is 0 Å². The Morgan fingerprint density at radius 1 is 1.05 bits per heavy atom. The Hall–Kier alpha value is -1.63. The second-order valence-corrected chi connectivity index (χ2v) is 6.72. The van der Waals surface area contributed by atoms with Crippen molar-refractivity contribution in [3.63, 3.8) is 0 Å². The number of allylic oxidation sites excluding steroid dienone is 2. The van der Waals surface area contributed by atoms with Gasteiger partial charge >= 0.3 is 0 Å². The maximum Gasteiger partial charge on any atom is 0.235 e. The topological polar surface area (TPSA) is 61.2 Å². The summed E-state index contributed by atoms with van der Waals surface area (Å²) in [7, 11) is 0. The normalized spacial score (nSPS) is 41.0. The Morgan fingerprint density at radius 3 is 2.10 bits per heavy atom. The lowest BCUT2D eigenvalue weighted by molar-refractivity contribution is -0.147. The lowest BCUT2D eigenvalue weighted by Crippen LogP contribution is -2.53. The fraction of sp³-hybridized carbons (Fsp3) is 0.688. The van der Waals surface area contributed by atoms with Crippen molar-refractivity contribution in [2.75, 3.05) is 0 Å². The van der Waals surface area contributed by atoms with Crippen LogP contribution in [0, 0.1) is 35.0 Å². The molecule has 4 rings (SSSR count). The quantitative estimate of drug-likeness (QED) is 0.541. The lowest BCUT2D eigenvalue weighted by Gasteiger charge is -2.38. The van der Waals surface area contributed by atoms with Gasteiger partial charge in [-0.15, -0.1) is 0 Å². The van der Waals surface area contributed by atoms with E-state index < -0.39 is 5.54 Å². The zero-order chi connectivity index (χ0) is 13.9. The van der Waals surface area contributed by atoms with Crippen molar-refractivity contribution in [1.82, 2.24) is 4.90 Å². The number of hydrogen-bond donors (Lipinski definition) is 0. The fourth-order valence-corrected chi connectivity index (χ4v) is 4.85. The van der Waals surface area contributed by atoms with Crippen LogP contribution in [0.25, 0.3) is 0 Å². The third kappa shape index (κ3) is 1.31. The summed E-state index contributed by atoms with van der Waals surface area (Å²) in [6.45, 7) is 0. The Morgan fingerprint density at radius 2 is 1.60 bits per heavy atom. The third-order valence-corrected chi connectivity index (χ3v) is 5.79. The van der Waals surface area contributed by atoms with Crippen molar-refractivity contribution in [1.29, 1.82) is 5.26 Å². The van der Waals surface area contributed by atoms with E-state index in [0.717, 1.165) is 25.7 Å². The van der Waals surface area contributed by atoms with Crippen molar-refractivity contribution in [3.8, 4) is 6.07 Å². The highest BCUT2D eigenvalue weighted by Crippen LogP contribution is 2.54. The predicted octanol–water partition coefficient (Wildman–Crippen LogP) is 2.02. The number of nitriles is 1. The van der Waals surface area contributed by atoms with Crippen molar-refractivity contribution >= 4 is 11.8 Å². The number of imide groups is 1. The summed E-state index contributed by atoms with van der Waals surface area (Å²) in [6, 6.07) is 2.32. The summed E-state index contributed by atoms with van der Waals surface area (Å²) in [5, 5.41) is 9.64. The molecule has 4 nitrogen and oxygen atoms in total. The maximum atomic E-state index is 12.8. The van der Waals surface area contributed by atoms with Crippen LogP contribution in [0.3, 0.4) is 0 Å². The van der Waals surface area contributed by atoms with E-state index >= 15 is 0 Å². The number of hydrogen-bond acceptors (Lipinski definition) is 3. The predicted molar refractivity (Wildman–Crippen MR) is 71.0 cm³/mol. The molecule has 0 N–H and O–H groups in total. The monoisotopic (exact) mass is 270 g/mol. The van der Waals surface area contributed by atoms with Crippen LogP contribution in [0.15, 0.2) is 12.2 Å². The highest BCUT2D eigenvalue weighted by molar-refractivity contribution is 6.07. The molecule has 0 spiro atoms. The summed E-state index contributed by atoms with van der Waals surface area (Å²) in [5.74, 6) is -0.0357. The second-order valence-electron chi connectivity index (χ2n) is 6.72. The molecule has 104 valence electrons. The minimum Gasteiger partial charge on any atom is -0.274 e. The van der Waals surface area contributed by atoms with Gasteiger partial charge in [-0.2, -0.15) is 5.26 Å². The molecule has 4 atom stereocenters. The van der Waals surface area contributed by atoms with Crippen molar-refractivity contribution in [3.05, 3.63) is 12.2 Å². The summed E-state index contributed by atoms with van der Waals surface area (Å²) < 4.78 is 0. The first-order valence-electron chi connectivity index (χ1n) is 7.65. The molecule has 0 radical (unpaired) electrons. The molecule has 2 amide bonds. The molecule has 0 aromatic carbocycles. The van der Waals surface area contributed by atoms with E-state index in [4.69, 9.17) is 0 Å². The zero-order valence-electron chi connectivity index (χ0n) is 11.4. The van der Waals surface area contributed by atoms with Crippen LogP contribution in [0.5, 0.6) is 0 Å². The minimum absolute atomic E-state index is 0.0692. The van der Waals surface area contributed by atoms with Gasteiger partial charge in [0.15, 0.2) is 0 Å². The van der Waals surface area contributed by atoms with E-state index in [1.807, 2.05) is 0 Å². The first kappa shape index (κ1) is 12.1. The maximum absolute atomic E-state index is 12.8. The first-order chi connectivity index (χ1) is 9.68. The van der Waals surface area contributed by atoms with Crippen LogP contribution in [0.2, 0.25) is 0 Å². The van der Waals surface area contributed by atoms with Gasteiger partial charge in [0.1, 0.15) is 5.54 Å². The van der Waals surface area contributed by atoms with Crippen LogP contribution in [-0.4, -0.2) is 22.3 Å². The van der Waals surface area contributed by atoms with Gasteiger partial charge in [-0.1, -0.05) is 31.4 Å². The molecule has 20 heavy (non-hydrogen) atoms. The molecule has 4 aliphatic rings. The zero-order valence-corrected chi connectivity index (χ0v) is 11.4. The van der Waals surface area contributed by atoms with Crippen LogP contribution in [-0.2, 0) is 9.59 Å². The summed E-state index contributed by atoms with van der Waals surface area (Å²) >= 11 is 0. The molecule has 3 fully saturated rings. The molecular weight excluding hydrogens is 252 g/mol. The number of amides is 2. The molecule has 2 bridgehead atoms. The van der Waals surface area contributed by atoms with E-state index in [2.05, 4.69) is 18.2 Å². The summed E-state index contributed by atoms with van der Waals surface area (Å²) in [5.41, 5.74) is -0.851. The van der Waals surface area contributed by atoms with Crippen LogP contribution in [0.4, 0.5) is 0 Å². The van der Waals surface area contributed by atoms with E-state index in [0.29, 0.717) is 12.8 Å². The van der Waals surface area contributed by atoms with E-state index in [1.165, 1.54) is 4.90 Å². The number of carbonyl (C=O) groups excluding carboxylic acids is 2. The Kier molecular flexibility index (Phi) is 2.39. The Labute approximate surface area is 118 Å². The summed E-state index contributed by atoms with van der Waals surface area (Å²) in [6.07, 6.45) is 9.42. The number of nitrogens with zero attached hydrogens (tertiary/aromatic N) is 2. The second kappa shape index (κ2) is 3.94. The van der Waals surface area contributed by atoms with Crippen LogP contribution >= 0.6 is 0 Å². The van der Waals surface area contributed by atoms with E-state index in [9.17, 15) is 14.9 Å². The Bertz CT molecular complexity index is 523. The van der Waals surface area contributed by atoms with Gasteiger partial charge in [0.2, 0.25) is 11.8 Å². The number of fused-ring (bicyclic) bond motifs is 5. The molecular formula is C16H18N2O2. The minimum atomic E-state index is -0.851. The van der Waals surface area contributed by atoms with Gasteiger partial charge < -0.3 is 0 Å². The molecule has 4 unspecified atom stereocenters. The molecule has 1 aliphatic heterocycles. The molecule has 0 aromatic rings. The van der Waals surface area contributed by atoms with Crippen LogP contribution < -0.4 is 0 Å². The van der Waals surface area contributed by atoms with Gasteiger partial charge in [0.05, 0.1) is 17.9 Å². The van der Waals surface area contributed by atoms with E-state index in [1.54, 1.807) is 0 Å². The number of likely N-dealkylation sites (tertiary alicyclic amines) is 1. The third-order valence-electron chi connectivity index (χ3n) is 5.79. The van der Waals surface area contributed by atoms with Crippen LogP contribution in [0.1, 0.15) is 38.5 Å². The Balaban J connectivity index is 1.72. The highest BCUT2D eigenvalue weighted by Gasteiger charge is 2.63. The summed E-state index contributed by atoms with van der Waals surface area (Å²) in [4.78, 5) is 26.9. The number of carbonyl (C=O) groups is 2. The van der Waals surface area contributed by atoms with Crippen molar-refractivity contribution in [2.24, 2.45) is 23.7 Å². The first-order valence-corrected chi connectivity index (χ1v) is 7.65. The largest absolute Gasteiger partial charge is 0.274 e. The van der Waals surface area contributed by atoms with Gasteiger partial charge in [-0.25, -0.2) is 0 Å². The van der Waals surface area contributed by atoms with Crippen molar-refractivity contribution < 1.29 is 9.59 Å². The molecule has 1 saturated heterocycles. The van der Waals surface area contributed by atoms with E-state index in [-0.39, 0.29) is 35.5 Å². The average molecular weight is 270 g/mol. The molecule has 2 saturated carbocycles. The molecule has 3 aliphatic carbocycles. The standard InChI is InChI=1S/C16H18N2O2/c17-9-16(6-2-1-3-7-16)18-14(19)12-10-4-5-11(8-10)13(12)15(18)20/h4-5,10-13H,1-3,6-8H2. The van der Waals surface area contributed by atoms with Crippen molar-refractivity contribution in [2.45, 2.75) is 44.1 Å². The van der Waals surface area contributed by atoms with Gasteiger partial charge in [-0.3, -0.25) is 14.5 Å². The molecule has 1 heterocycles. The molecule has 4 heteroatoms. The highest BCUT2D eigenvalue weighted by atomic mass is 16.2. The SMILES string of the molecule is N#CC1(N2C(=O)C3C4C=CC(C4)C3C2=O)CCCCC1. The average Bonchev–Trinajstić information content (AvgIpc) is 3.14.